The Balaban J connectivity index is 1.80. The SMILES string of the molecule is CN(CCc1ccc(N)cc1)C1CCOC1. The molecule has 88 valence electrons. The number of ether oxygens (including phenoxy) is 1. The molecule has 1 aliphatic rings. The monoisotopic (exact) mass is 220 g/mol. The van der Waals surface area contributed by atoms with Crippen molar-refractivity contribution in [2.75, 3.05) is 32.5 Å². The Bertz CT molecular complexity index is 317. The third-order valence-electron chi connectivity index (χ3n) is 3.26. The van der Waals surface area contributed by atoms with Gasteiger partial charge in [-0.1, -0.05) is 12.1 Å². The van der Waals surface area contributed by atoms with Crippen LogP contribution in [-0.4, -0.2) is 37.7 Å². The second-order valence-corrected chi connectivity index (χ2v) is 4.49. The standard InChI is InChI=1S/C13H20N2O/c1-15(13-7-9-16-10-13)8-6-11-2-4-12(14)5-3-11/h2-5,13H,6-10,14H2,1H3. The summed E-state index contributed by atoms with van der Waals surface area (Å²) in [7, 11) is 2.18. The highest BCUT2D eigenvalue weighted by Crippen LogP contribution is 2.12. The van der Waals surface area contributed by atoms with Crippen LogP contribution in [0, 0.1) is 0 Å². The number of benzene rings is 1. The minimum Gasteiger partial charge on any atom is -0.399 e. The lowest BCUT2D eigenvalue weighted by Crippen LogP contribution is -2.33. The van der Waals surface area contributed by atoms with Gasteiger partial charge in [0, 0.05) is 24.9 Å². The molecule has 1 atom stereocenters. The first kappa shape index (κ1) is 11.4. The summed E-state index contributed by atoms with van der Waals surface area (Å²) in [6, 6.07) is 8.75. The molecule has 1 aromatic rings. The van der Waals surface area contributed by atoms with E-state index in [1.54, 1.807) is 0 Å². The number of nitrogen functional groups attached to an aromatic ring is 1. The fourth-order valence-electron chi connectivity index (χ4n) is 2.04. The van der Waals surface area contributed by atoms with Crippen LogP contribution in [0.2, 0.25) is 0 Å². The molecule has 0 spiro atoms. The number of hydrogen-bond acceptors (Lipinski definition) is 3. The fraction of sp³-hybridized carbons (Fsp3) is 0.538. The van der Waals surface area contributed by atoms with Crippen LogP contribution in [0.5, 0.6) is 0 Å². The first-order valence-electron chi connectivity index (χ1n) is 5.88. The molecule has 1 aliphatic heterocycles. The largest absolute Gasteiger partial charge is 0.399 e. The number of likely N-dealkylation sites (N-methyl/N-ethyl adjacent to an activating group) is 1. The third kappa shape index (κ3) is 2.97. The summed E-state index contributed by atoms with van der Waals surface area (Å²) in [4.78, 5) is 2.39. The van der Waals surface area contributed by atoms with Gasteiger partial charge < -0.3 is 15.4 Å². The van der Waals surface area contributed by atoms with Crippen molar-refractivity contribution < 1.29 is 4.74 Å². The molecule has 16 heavy (non-hydrogen) atoms. The number of nitrogens with zero attached hydrogens (tertiary/aromatic N) is 1. The number of nitrogens with two attached hydrogens (primary N) is 1. The molecule has 0 amide bonds. The molecule has 0 radical (unpaired) electrons. The first-order chi connectivity index (χ1) is 7.75. The summed E-state index contributed by atoms with van der Waals surface area (Å²) in [6.07, 6.45) is 2.24. The van der Waals surface area contributed by atoms with Gasteiger partial charge in [-0.25, -0.2) is 0 Å². The molecule has 1 heterocycles. The van der Waals surface area contributed by atoms with Crippen LogP contribution in [0.15, 0.2) is 24.3 Å². The minimum atomic E-state index is 0.605. The van der Waals surface area contributed by atoms with Crippen molar-refractivity contribution in [3.8, 4) is 0 Å². The number of rotatable bonds is 4. The lowest BCUT2D eigenvalue weighted by Gasteiger charge is -2.22. The molecule has 1 saturated heterocycles. The Labute approximate surface area is 97.2 Å². The highest BCUT2D eigenvalue weighted by atomic mass is 16.5. The van der Waals surface area contributed by atoms with E-state index in [4.69, 9.17) is 10.5 Å². The van der Waals surface area contributed by atoms with Crippen molar-refractivity contribution in [3.63, 3.8) is 0 Å². The van der Waals surface area contributed by atoms with Crippen molar-refractivity contribution in [3.05, 3.63) is 29.8 Å². The van der Waals surface area contributed by atoms with Crippen LogP contribution in [-0.2, 0) is 11.2 Å². The average Bonchev–Trinajstić information content (AvgIpc) is 2.81. The maximum absolute atomic E-state index is 5.66. The zero-order valence-corrected chi connectivity index (χ0v) is 9.86. The van der Waals surface area contributed by atoms with Crippen LogP contribution in [0.4, 0.5) is 5.69 Å². The molecule has 0 aromatic heterocycles. The van der Waals surface area contributed by atoms with E-state index in [9.17, 15) is 0 Å². The van der Waals surface area contributed by atoms with E-state index in [-0.39, 0.29) is 0 Å². The normalized spacial score (nSPS) is 20.5. The summed E-state index contributed by atoms with van der Waals surface area (Å²) in [5.41, 5.74) is 7.84. The molecule has 3 heteroatoms. The Morgan fingerprint density at radius 1 is 1.38 bits per heavy atom. The summed E-state index contributed by atoms with van der Waals surface area (Å²) in [5.74, 6) is 0. The maximum atomic E-state index is 5.66. The Kier molecular flexibility index (Phi) is 3.80. The van der Waals surface area contributed by atoms with E-state index in [0.29, 0.717) is 6.04 Å². The van der Waals surface area contributed by atoms with Crippen LogP contribution in [0.25, 0.3) is 0 Å². The molecule has 0 bridgehead atoms. The Morgan fingerprint density at radius 3 is 2.75 bits per heavy atom. The molecular formula is C13H20N2O. The van der Waals surface area contributed by atoms with Crippen molar-refractivity contribution in [1.29, 1.82) is 0 Å². The Morgan fingerprint density at radius 2 is 2.12 bits per heavy atom. The van der Waals surface area contributed by atoms with Crippen LogP contribution < -0.4 is 5.73 Å². The van der Waals surface area contributed by atoms with E-state index < -0.39 is 0 Å². The molecule has 2 rings (SSSR count). The Hall–Kier alpha value is -1.06. The van der Waals surface area contributed by atoms with Crippen molar-refractivity contribution >= 4 is 5.69 Å². The maximum Gasteiger partial charge on any atom is 0.0622 e. The number of anilines is 1. The van der Waals surface area contributed by atoms with Crippen molar-refractivity contribution in [2.45, 2.75) is 18.9 Å². The first-order valence-corrected chi connectivity index (χ1v) is 5.88. The van der Waals surface area contributed by atoms with Crippen LogP contribution >= 0.6 is 0 Å². The van der Waals surface area contributed by atoms with Crippen LogP contribution in [0.3, 0.4) is 0 Å². The van der Waals surface area contributed by atoms with E-state index in [2.05, 4.69) is 24.1 Å². The van der Waals surface area contributed by atoms with Gasteiger partial charge in [0.2, 0.25) is 0 Å². The number of hydrogen-bond donors (Lipinski definition) is 1. The van der Waals surface area contributed by atoms with Gasteiger partial charge in [-0.3, -0.25) is 0 Å². The highest BCUT2D eigenvalue weighted by molar-refractivity contribution is 5.39. The van der Waals surface area contributed by atoms with Gasteiger partial charge in [0.05, 0.1) is 6.61 Å². The zero-order valence-electron chi connectivity index (χ0n) is 9.86. The molecule has 0 saturated carbocycles. The summed E-state index contributed by atoms with van der Waals surface area (Å²) >= 11 is 0. The molecule has 2 N–H and O–H groups in total. The lowest BCUT2D eigenvalue weighted by molar-refractivity contribution is 0.160. The molecule has 1 fully saturated rings. The molecule has 0 aliphatic carbocycles. The predicted octanol–water partition coefficient (Wildman–Crippen LogP) is 1.53. The lowest BCUT2D eigenvalue weighted by atomic mass is 10.1. The minimum absolute atomic E-state index is 0.605. The van der Waals surface area contributed by atoms with Gasteiger partial charge >= 0.3 is 0 Å². The highest BCUT2D eigenvalue weighted by Gasteiger charge is 2.19. The molecule has 1 aromatic carbocycles. The zero-order chi connectivity index (χ0) is 11.4. The van der Waals surface area contributed by atoms with E-state index in [1.165, 1.54) is 5.56 Å². The van der Waals surface area contributed by atoms with Gasteiger partial charge in [-0.2, -0.15) is 0 Å². The van der Waals surface area contributed by atoms with Gasteiger partial charge in [0.25, 0.3) is 0 Å². The smallest absolute Gasteiger partial charge is 0.0622 e. The molecule has 1 unspecified atom stereocenters. The second kappa shape index (κ2) is 5.32. The molecule has 3 nitrogen and oxygen atoms in total. The fourth-order valence-corrected chi connectivity index (χ4v) is 2.04. The summed E-state index contributed by atoms with van der Waals surface area (Å²) in [5, 5.41) is 0. The van der Waals surface area contributed by atoms with Gasteiger partial charge in [-0.15, -0.1) is 0 Å². The van der Waals surface area contributed by atoms with Gasteiger partial charge in [0.15, 0.2) is 0 Å². The predicted molar refractivity (Wildman–Crippen MR) is 66.4 cm³/mol. The van der Waals surface area contributed by atoms with E-state index in [0.717, 1.165) is 38.3 Å². The summed E-state index contributed by atoms with van der Waals surface area (Å²) < 4.78 is 5.39. The summed E-state index contributed by atoms with van der Waals surface area (Å²) in [6.45, 7) is 2.88. The van der Waals surface area contributed by atoms with Gasteiger partial charge in [0.1, 0.15) is 0 Å². The van der Waals surface area contributed by atoms with Crippen LogP contribution in [0.1, 0.15) is 12.0 Å². The molecular weight excluding hydrogens is 200 g/mol. The topological polar surface area (TPSA) is 38.5 Å². The second-order valence-electron chi connectivity index (χ2n) is 4.49. The van der Waals surface area contributed by atoms with Crippen molar-refractivity contribution in [1.82, 2.24) is 4.90 Å². The van der Waals surface area contributed by atoms with Crippen molar-refractivity contribution in [2.24, 2.45) is 0 Å². The quantitative estimate of drug-likeness (QED) is 0.782. The third-order valence-corrected chi connectivity index (χ3v) is 3.26. The van der Waals surface area contributed by atoms with Gasteiger partial charge in [-0.05, 0) is 37.6 Å². The van der Waals surface area contributed by atoms with E-state index in [1.807, 2.05) is 12.1 Å². The van der Waals surface area contributed by atoms with E-state index >= 15 is 0 Å². The average molecular weight is 220 g/mol.